The molecule has 0 aliphatic carbocycles. The molecule has 3 unspecified atom stereocenters. The molecule has 0 bridgehead atoms. The van der Waals surface area contributed by atoms with Gasteiger partial charge in [0.1, 0.15) is 5.75 Å². The molecule has 3 rings (SSSR count). The molecule has 1 aromatic carbocycles. The van der Waals surface area contributed by atoms with Crippen LogP contribution in [0.1, 0.15) is 44.7 Å². The Kier molecular flexibility index (Phi) is 4.81. The third kappa shape index (κ3) is 3.24. The number of piperidine rings is 1. The minimum absolute atomic E-state index is 0.546. The lowest BCUT2D eigenvalue weighted by Gasteiger charge is -2.43. The molecule has 2 aliphatic rings. The lowest BCUT2D eigenvalue weighted by atomic mass is 9.90. The number of ether oxygens (including phenoxy) is 1. The van der Waals surface area contributed by atoms with Crippen LogP contribution in [0, 0.1) is 5.92 Å². The fraction of sp³-hybridized carbons (Fsp3) is 0.667. The average molecular weight is 288 g/mol. The first-order valence-corrected chi connectivity index (χ1v) is 8.48. The Bertz CT molecular complexity index is 462. The Morgan fingerprint density at radius 2 is 2.14 bits per heavy atom. The first-order valence-electron chi connectivity index (χ1n) is 8.48. The first-order chi connectivity index (χ1) is 10.3. The number of likely N-dealkylation sites (tertiary alicyclic amines) is 1. The Balaban J connectivity index is 1.67. The van der Waals surface area contributed by atoms with Gasteiger partial charge in [0.2, 0.25) is 0 Å². The summed E-state index contributed by atoms with van der Waals surface area (Å²) in [6.45, 7) is 9.03. The highest BCUT2D eigenvalue weighted by molar-refractivity contribution is 5.37. The smallest absolute Gasteiger partial charge is 0.124 e. The number of para-hydroxylation sites is 1. The van der Waals surface area contributed by atoms with Crippen molar-refractivity contribution in [3.63, 3.8) is 0 Å². The number of rotatable bonds is 4. The van der Waals surface area contributed by atoms with Crippen molar-refractivity contribution in [1.82, 2.24) is 10.2 Å². The Morgan fingerprint density at radius 1 is 1.29 bits per heavy atom. The number of nitrogens with zero attached hydrogens (tertiary/aromatic N) is 1. The summed E-state index contributed by atoms with van der Waals surface area (Å²) >= 11 is 0. The zero-order valence-electron chi connectivity index (χ0n) is 13.3. The largest absolute Gasteiger partial charge is 0.493 e. The minimum atomic E-state index is 0.546. The van der Waals surface area contributed by atoms with Crippen LogP contribution in [0.3, 0.4) is 0 Å². The van der Waals surface area contributed by atoms with Gasteiger partial charge in [-0.1, -0.05) is 32.0 Å². The van der Waals surface area contributed by atoms with E-state index in [4.69, 9.17) is 4.74 Å². The van der Waals surface area contributed by atoms with E-state index in [0.717, 1.165) is 31.2 Å². The van der Waals surface area contributed by atoms with E-state index in [0.29, 0.717) is 12.1 Å². The van der Waals surface area contributed by atoms with Crippen LogP contribution < -0.4 is 10.1 Å². The van der Waals surface area contributed by atoms with Crippen LogP contribution in [0.15, 0.2) is 24.3 Å². The van der Waals surface area contributed by atoms with E-state index >= 15 is 0 Å². The SMILES string of the molecule is CCCNC1CCN(C2CCOc3ccccc32)CC1C. The molecule has 0 radical (unpaired) electrons. The highest BCUT2D eigenvalue weighted by Crippen LogP contribution is 2.37. The van der Waals surface area contributed by atoms with Crippen molar-refractivity contribution in [3.8, 4) is 5.75 Å². The zero-order valence-corrected chi connectivity index (χ0v) is 13.3. The van der Waals surface area contributed by atoms with Gasteiger partial charge in [0.05, 0.1) is 6.61 Å². The number of hydrogen-bond donors (Lipinski definition) is 1. The van der Waals surface area contributed by atoms with Gasteiger partial charge in [-0.3, -0.25) is 4.90 Å². The van der Waals surface area contributed by atoms with Gasteiger partial charge in [-0.05, 0) is 31.4 Å². The third-order valence-corrected chi connectivity index (χ3v) is 4.96. The standard InChI is InChI=1S/C18H28N2O/c1-3-10-19-16-8-11-20(13-14(16)2)17-9-12-21-18-7-5-4-6-15(17)18/h4-7,14,16-17,19H,3,8-13H2,1-2H3. The fourth-order valence-corrected chi connectivity index (χ4v) is 3.80. The minimum Gasteiger partial charge on any atom is -0.493 e. The van der Waals surface area contributed by atoms with Gasteiger partial charge in [0.15, 0.2) is 0 Å². The van der Waals surface area contributed by atoms with Crippen LogP contribution in [0.4, 0.5) is 0 Å². The number of nitrogens with one attached hydrogen (secondary N) is 1. The summed E-state index contributed by atoms with van der Waals surface area (Å²) in [5.74, 6) is 1.81. The molecule has 1 fully saturated rings. The predicted octanol–water partition coefficient (Wildman–Crippen LogP) is 3.22. The maximum atomic E-state index is 5.81. The van der Waals surface area contributed by atoms with Crippen molar-refractivity contribution in [2.45, 2.75) is 45.2 Å². The Hall–Kier alpha value is -1.06. The van der Waals surface area contributed by atoms with Crippen molar-refractivity contribution in [2.24, 2.45) is 5.92 Å². The molecule has 0 saturated carbocycles. The Labute approximate surface area is 128 Å². The van der Waals surface area contributed by atoms with Crippen LogP contribution >= 0.6 is 0 Å². The van der Waals surface area contributed by atoms with E-state index in [2.05, 4.69) is 48.3 Å². The second-order valence-electron chi connectivity index (χ2n) is 6.51. The van der Waals surface area contributed by atoms with E-state index in [-0.39, 0.29) is 0 Å². The van der Waals surface area contributed by atoms with Gasteiger partial charge in [0.25, 0.3) is 0 Å². The van der Waals surface area contributed by atoms with Gasteiger partial charge in [-0.2, -0.15) is 0 Å². The summed E-state index contributed by atoms with van der Waals surface area (Å²) in [6.07, 6.45) is 3.61. The topological polar surface area (TPSA) is 24.5 Å². The van der Waals surface area contributed by atoms with Crippen LogP contribution in [0.25, 0.3) is 0 Å². The molecule has 1 aromatic rings. The molecular formula is C18H28N2O. The predicted molar refractivity (Wildman–Crippen MR) is 86.7 cm³/mol. The van der Waals surface area contributed by atoms with E-state index in [1.807, 2.05) is 0 Å². The zero-order chi connectivity index (χ0) is 14.7. The molecular weight excluding hydrogens is 260 g/mol. The van der Waals surface area contributed by atoms with Crippen LogP contribution in [-0.2, 0) is 0 Å². The summed E-state index contributed by atoms with van der Waals surface area (Å²) in [6, 6.07) is 9.80. The van der Waals surface area contributed by atoms with Gasteiger partial charge in [-0.25, -0.2) is 0 Å². The molecule has 0 aromatic heterocycles. The average Bonchev–Trinajstić information content (AvgIpc) is 2.53. The summed E-state index contributed by atoms with van der Waals surface area (Å²) in [5.41, 5.74) is 1.39. The van der Waals surface area contributed by atoms with Crippen molar-refractivity contribution in [1.29, 1.82) is 0 Å². The van der Waals surface area contributed by atoms with E-state index in [1.54, 1.807) is 0 Å². The second kappa shape index (κ2) is 6.80. The summed E-state index contributed by atoms with van der Waals surface area (Å²) < 4.78 is 5.81. The third-order valence-electron chi connectivity index (χ3n) is 4.96. The second-order valence-corrected chi connectivity index (χ2v) is 6.51. The monoisotopic (exact) mass is 288 g/mol. The number of hydrogen-bond acceptors (Lipinski definition) is 3. The van der Waals surface area contributed by atoms with Crippen molar-refractivity contribution in [2.75, 3.05) is 26.2 Å². The summed E-state index contributed by atoms with van der Waals surface area (Å²) in [4.78, 5) is 2.68. The van der Waals surface area contributed by atoms with E-state index in [1.165, 1.54) is 31.5 Å². The molecule has 1 saturated heterocycles. The van der Waals surface area contributed by atoms with Crippen molar-refractivity contribution >= 4 is 0 Å². The normalized spacial score (nSPS) is 29.7. The van der Waals surface area contributed by atoms with E-state index < -0.39 is 0 Å². The van der Waals surface area contributed by atoms with Gasteiger partial charge in [-0.15, -0.1) is 0 Å². The highest BCUT2D eigenvalue weighted by atomic mass is 16.5. The lowest BCUT2D eigenvalue weighted by Crippen LogP contribution is -2.49. The summed E-state index contributed by atoms with van der Waals surface area (Å²) in [7, 11) is 0. The highest BCUT2D eigenvalue weighted by Gasteiger charge is 2.32. The fourth-order valence-electron chi connectivity index (χ4n) is 3.80. The van der Waals surface area contributed by atoms with Crippen LogP contribution in [-0.4, -0.2) is 37.2 Å². The van der Waals surface area contributed by atoms with E-state index in [9.17, 15) is 0 Å². The lowest BCUT2D eigenvalue weighted by molar-refractivity contribution is 0.0785. The van der Waals surface area contributed by atoms with Crippen molar-refractivity contribution in [3.05, 3.63) is 29.8 Å². The van der Waals surface area contributed by atoms with Gasteiger partial charge >= 0.3 is 0 Å². The van der Waals surface area contributed by atoms with Gasteiger partial charge in [0, 0.05) is 37.2 Å². The molecule has 3 heteroatoms. The summed E-state index contributed by atoms with van der Waals surface area (Å²) in [5, 5.41) is 3.71. The van der Waals surface area contributed by atoms with Crippen LogP contribution in [0.5, 0.6) is 5.75 Å². The van der Waals surface area contributed by atoms with Crippen molar-refractivity contribution < 1.29 is 4.74 Å². The molecule has 3 atom stereocenters. The maximum Gasteiger partial charge on any atom is 0.124 e. The molecule has 3 nitrogen and oxygen atoms in total. The first kappa shape index (κ1) is 14.9. The Morgan fingerprint density at radius 3 is 2.95 bits per heavy atom. The molecule has 2 aliphatic heterocycles. The molecule has 2 heterocycles. The molecule has 116 valence electrons. The molecule has 21 heavy (non-hydrogen) atoms. The number of benzene rings is 1. The molecule has 0 spiro atoms. The molecule has 0 amide bonds. The van der Waals surface area contributed by atoms with Crippen LogP contribution in [0.2, 0.25) is 0 Å². The maximum absolute atomic E-state index is 5.81. The van der Waals surface area contributed by atoms with Gasteiger partial charge < -0.3 is 10.1 Å². The number of fused-ring (bicyclic) bond motifs is 1. The molecule has 1 N–H and O–H groups in total. The quantitative estimate of drug-likeness (QED) is 0.920.